The Morgan fingerprint density at radius 2 is 2.11 bits per heavy atom. The van der Waals surface area contributed by atoms with Crippen LogP contribution in [0.2, 0.25) is 0 Å². The van der Waals surface area contributed by atoms with Gasteiger partial charge in [-0.05, 0) is 12.5 Å². The van der Waals surface area contributed by atoms with Crippen molar-refractivity contribution in [1.82, 2.24) is 5.32 Å². The van der Waals surface area contributed by atoms with E-state index in [4.69, 9.17) is 4.74 Å². The maximum Gasteiger partial charge on any atom is 0.224 e. The molecule has 0 radical (unpaired) electrons. The van der Waals surface area contributed by atoms with Crippen LogP contribution in [0.3, 0.4) is 0 Å². The molecule has 0 aliphatic rings. The summed E-state index contributed by atoms with van der Waals surface area (Å²) in [6.45, 7) is 3.89. The van der Waals surface area contributed by atoms with Crippen LogP contribution >= 0.6 is 0 Å². The first-order valence-electron chi connectivity index (χ1n) is 6.35. The Kier molecular flexibility index (Phi) is 6.87. The van der Waals surface area contributed by atoms with E-state index in [0.717, 1.165) is 19.4 Å². The standard InChI is InChI=1S/C14H21NO3/c1-2-3-9-18-10-8-15-14(17)11-12-6-4-5-7-13(12)16/h4-7,16H,2-3,8-11H2,1H3,(H,15,17). The number of carbonyl (C=O) groups is 1. The third kappa shape index (κ3) is 5.68. The van der Waals surface area contributed by atoms with Gasteiger partial charge >= 0.3 is 0 Å². The molecular formula is C14H21NO3. The van der Waals surface area contributed by atoms with E-state index in [0.29, 0.717) is 18.7 Å². The Morgan fingerprint density at radius 1 is 1.33 bits per heavy atom. The molecule has 0 saturated carbocycles. The van der Waals surface area contributed by atoms with Gasteiger partial charge in [-0.25, -0.2) is 0 Å². The third-order valence-corrected chi connectivity index (χ3v) is 2.55. The molecule has 0 heterocycles. The molecule has 0 aliphatic carbocycles. The molecule has 4 nitrogen and oxygen atoms in total. The Bertz CT molecular complexity index is 366. The van der Waals surface area contributed by atoms with Gasteiger partial charge in [0.2, 0.25) is 5.91 Å². The SMILES string of the molecule is CCCCOCCNC(=O)Cc1ccccc1O. The van der Waals surface area contributed by atoms with Crippen molar-refractivity contribution in [3.05, 3.63) is 29.8 Å². The molecule has 2 N–H and O–H groups in total. The predicted molar refractivity (Wildman–Crippen MR) is 70.5 cm³/mol. The normalized spacial score (nSPS) is 10.3. The minimum absolute atomic E-state index is 0.101. The average Bonchev–Trinajstić information content (AvgIpc) is 2.36. The molecule has 0 bridgehead atoms. The van der Waals surface area contributed by atoms with Crippen molar-refractivity contribution < 1.29 is 14.6 Å². The topological polar surface area (TPSA) is 58.6 Å². The molecule has 0 spiro atoms. The van der Waals surface area contributed by atoms with Gasteiger partial charge in [0.1, 0.15) is 5.75 Å². The van der Waals surface area contributed by atoms with E-state index >= 15 is 0 Å². The van der Waals surface area contributed by atoms with Crippen molar-refractivity contribution in [3.63, 3.8) is 0 Å². The molecule has 1 aromatic rings. The molecule has 0 unspecified atom stereocenters. The van der Waals surface area contributed by atoms with Crippen LogP contribution in [0.1, 0.15) is 25.3 Å². The van der Waals surface area contributed by atoms with Crippen LogP contribution < -0.4 is 5.32 Å². The number of ether oxygens (including phenoxy) is 1. The molecule has 18 heavy (non-hydrogen) atoms. The zero-order valence-corrected chi connectivity index (χ0v) is 10.8. The highest BCUT2D eigenvalue weighted by atomic mass is 16.5. The van der Waals surface area contributed by atoms with Gasteiger partial charge in [0, 0.05) is 18.7 Å². The number of hydrogen-bond donors (Lipinski definition) is 2. The van der Waals surface area contributed by atoms with E-state index in [1.165, 1.54) is 0 Å². The van der Waals surface area contributed by atoms with Gasteiger partial charge in [-0.2, -0.15) is 0 Å². The molecule has 0 aromatic heterocycles. The average molecular weight is 251 g/mol. The molecule has 0 atom stereocenters. The van der Waals surface area contributed by atoms with Crippen molar-refractivity contribution >= 4 is 5.91 Å². The first-order valence-corrected chi connectivity index (χ1v) is 6.35. The molecule has 1 aromatic carbocycles. The van der Waals surface area contributed by atoms with E-state index < -0.39 is 0 Å². The summed E-state index contributed by atoms with van der Waals surface area (Å²) in [6, 6.07) is 6.86. The van der Waals surface area contributed by atoms with Gasteiger partial charge in [-0.15, -0.1) is 0 Å². The van der Waals surface area contributed by atoms with Crippen LogP contribution in [0.25, 0.3) is 0 Å². The highest BCUT2D eigenvalue weighted by Gasteiger charge is 2.06. The van der Waals surface area contributed by atoms with Gasteiger partial charge in [0.25, 0.3) is 0 Å². The summed E-state index contributed by atoms with van der Waals surface area (Å²) in [6.07, 6.45) is 2.35. The van der Waals surface area contributed by atoms with Gasteiger partial charge in [0.05, 0.1) is 13.0 Å². The van der Waals surface area contributed by atoms with Crippen molar-refractivity contribution in [3.8, 4) is 5.75 Å². The Labute approximate surface area is 108 Å². The first-order chi connectivity index (χ1) is 8.74. The lowest BCUT2D eigenvalue weighted by Crippen LogP contribution is -2.28. The minimum Gasteiger partial charge on any atom is -0.508 e. The van der Waals surface area contributed by atoms with Crippen molar-refractivity contribution in [2.75, 3.05) is 19.8 Å². The second kappa shape index (κ2) is 8.53. The fourth-order valence-corrected chi connectivity index (χ4v) is 1.51. The lowest BCUT2D eigenvalue weighted by Gasteiger charge is -2.07. The van der Waals surface area contributed by atoms with Gasteiger partial charge in [-0.1, -0.05) is 31.5 Å². The third-order valence-electron chi connectivity index (χ3n) is 2.55. The molecule has 1 amide bonds. The quantitative estimate of drug-likeness (QED) is 0.693. The van der Waals surface area contributed by atoms with Crippen LogP contribution in [0, 0.1) is 0 Å². The molecule has 4 heteroatoms. The lowest BCUT2D eigenvalue weighted by molar-refractivity contribution is -0.120. The number of amides is 1. The highest BCUT2D eigenvalue weighted by Crippen LogP contribution is 2.15. The Balaban J connectivity index is 2.16. The highest BCUT2D eigenvalue weighted by molar-refractivity contribution is 5.79. The Hall–Kier alpha value is -1.55. The number of phenolic OH excluding ortho intramolecular Hbond substituents is 1. The molecule has 100 valence electrons. The maximum absolute atomic E-state index is 11.6. The summed E-state index contributed by atoms with van der Waals surface area (Å²) in [7, 11) is 0. The summed E-state index contributed by atoms with van der Waals surface area (Å²) >= 11 is 0. The zero-order valence-electron chi connectivity index (χ0n) is 10.8. The molecule has 0 aliphatic heterocycles. The molecule has 0 saturated heterocycles. The van der Waals surface area contributed by atoms with Crippen LogP contribution in [0.4, 0.5) is 0 Å². The number of hydrogen-bond acceptors (Lipinski definition) is 3. The lowest BCUT2D eigenvalue weighted by atomic mass is 10.1. The monoisotopic (exact) mass is 251 g/mol. The van der Waals surface area contributed by atoms with Gasteiger partial charge < -0.3 is 15.2 Å². The second-order valence-corrected chi connectivity index (χ2v) is 4.12. The summed E-state index contributed by atoms with van der Waals surface area (Å²) in [5.74, 6) is 0.0578. The van der Waals surface area contributed by atoms with Crippen LogP contribution in [0.5, 0.6) is 5.75 Å². The van der Waals surface area contributed by atoms with E-state index in [1.807, 2.05) is 0 Å². The van der Waals surface area contributed by atoms with Crippen LogP contribution in [0.15, 0.2) is 24.3 Å². The number of carbonyl (C=O) groups excluding carboxylic acids is 1. The fourth-order valence-electron chi connectivity index (χ4n) is 1.51. The fraction of sp³-hybridized carbons (Fsp3) is 0.500. The number of phenols is 1. The van der Waals surface area contributed by atoms with E-state index in [9.17, 15) is 9.90 Å². The zero-order chi connectivity index (χ0) is 13.2. The number of benzene rings is 1. The molecule has 0 fully saturated rings. The Morgan fingerprint density at radius 3 is 2.83 bits per heavy atom. The van der Waals surface area contributed by atoms with Crippen LogP contribution in [-0.2, 0) is 16.0 Å². The maximum atomic E-state index is 11.6. The second-order valence-electron chi connectivity index (χ2n) is 4.12. The predicted octanol–water partition coefficient (Wildman–Crippen LogP) is 1.87. The number of para-hydroxylation sites is 1. The van der Waals surface area contributed by atoms with E-state index in [2.05, 4.69) is 12.2 Å². The first kappa shape index (κ1) is 14.5. The van der Waals surface area contributed by atoms with Crippen LogP contribution in [-0.4, -0.2) is 30.8 Å². The molecule has 1 rings (SSSR count). The van der Waals surface area contributed by atoms with Crippen molar-refractivity contribution in [2.24, 2.45) is 0 Å². The van der Waals surface area contributed by atoms with Gasteiger partial charge in [-0.3, -0.25) is 4.79 Å². The largest absolute Gasteiger partial charge is 0.508 e. The van der Waals surface area contributed by atoms with Crippen molar-refractivity contribution in [2.45, 2.75) is 26.2 Å². The van der Waals surface area contributed by atoms with E-state index in [1.54, 1.807) is 24.3 Å². The summed E-state index contributed by atoms with van der Waals surface area (Å²) < 4.78 is 5.33. The summed E-state index contributed by atoms with van der Waals surface area (Å²) in [5, 5.41) is 12.3. The number of nitrogens with one attached hydrogen (secondary N) is 1. The number of aromatic hydroxyl groups is 1. The number of unbranched alkanes of at least 4 members (excludes halogenated alkanes) is 1. The summed E-state index contributed by atoms with van der Waals surface area (Å²) in [4.78, 5) is 11.6. The summed E-state index contributed by atoms with van der Waals surface area (Å²) in [5.41, 5.74) is 0.641. The smallest absolute Gasteiger partial charge is 0.224 e. The van der Waals surface area contributed by atoms with Gasteiger partial charge in [0.15, 0.2) is 0 Å². The van der Waals surface area contributed by atoms with Crippen molar-refractivity contribution in [1.29, 1.82) is 0 Å². The molecular weight excluding hydrogens is 230 g/mol. The van der Waals surface area contributed by atoms with E-state index in [-0.39, 0.29) is 18.1 Å². The number of rotatable bonds is 8. The minimum atomic E-state index is -0.101.